The quantitative estimate of drug-likeness (QED) is 0.662. The summed E-state index contributed by atoms with van der Waals surface area (Å²) in [5, 5.41) is 0. The molecule has 1 saturated carbocycles. The Hall–Kier alpha value is -0.460. The van der Waals surface area contributed by atoms with Crippen molar-refractivity contribution >= 4 is 0 Å². The van der Waals surface area contributed by atoms with E-state index in [0.717, 1.165) is 11.8 Å². The van der Waals surface area contributed by atoms with Crippen molar-refractivity contribution in [3.8, 4) is 0 Å². The summed E-state index contributed by atoms with van der Waals surface area (Å²) in [4.78, 5) is 0. The van der Waals surface area contributed by atoms with E-state index in [1.165, 1.54) is 12.8 Å². The van der Waals surface area contributed by atoms with Crippen LogP contribution >= 0.6 is 0 Å². The van der Waals surface area contributed by atoms with Gasteiger partial charge in [-0.05, 0) is 29.9 Å². The van der Waals surface area contributed by atoms with E-state index in [-0.39, 0.29) is 0 Å². The average Bonchev–Trinajstić information content (AvgIpc) is 2.63. The minimum atomic E-state index is 0.560. The standard InChI is InChI=1S/C10H19N/c1-4-8(2)10(3)7-9(10)5-6-11/h5-6,8-9H,4,7,11H2,1-3H3/b6-5+. The Morgan fingerprint density at radius 1 is 1.73 bits per heavy atom. The molecule has 3 unspecified atom stereocenters. The number of hydrogen-bond acceptors (Lipinski definition) is 1. The molecule has 0 radical (unpaired) electrons. The van der Waals surface area contributed by atoms with Gasteiger partial charge in [0.25, 0.3) is 0 Å². The first-order valence-corrected chi connectivity index (χ1v) is 4.53. The third kappa shape index (κ3) is 1.42. The summed E-state index contributed by atoms with van der Waals surface area (Å²) < 4.78 is 0. The van der Waals surface area contributed by atoms with Crippen molar-refractivity contribution in [2.45, 2.75) is 33.6 Å². The van der Waals surface area contributed by atoms with Crippen LogP contribution in [0.2, 0.25) is 0 Å². The molecule has 0 amide bonds. The van der Waals surface area contributed by atoms with Crippen LogP contribution in [0.1, 0.15) is 33.6 Å². The zero-order valence-corrected chi connectivity index (χ0v) is 7.80. The van der Waals surface area contributed by atoms with Crippen molar-refractivity contribution < 1.29 is 0 Å². The molecule has 0 heterocycles. The molecule has 1 heteroatoms. The van der Waals surface area contributed by atoms with Crippen LogP contribution in [0, 0.1) is 17.3 Å². The highest BCUT2D eigenvalue weighted by Gasteiger charge is 2.50. The molecule has 0 saturated heterocycles. The number of nitrogens with two attached hydrogens (primary N) is 1. The lowest BCUT2D eigenvalue weighted by Gasteiger charge is -2.17. The summed E-state index contributed by atoms with van der Waals surface area (Å²) in [6, 6.07) is 0. The lowest BCUT2D eigenvalue weighted by molar-refractivity contribution is 0.336. The fraction of sp³-hybridized carbons (Fsp3) is 0.800. The molecule has 64 valence electrons. The molecule has 0 aromatic rings. The van der Waals surface area contributed by atoms with Gasteiger partial charge in [0.15, 0.2) is 0 Å². The number of hydrogen-bond donors (Lipinski definition) is 1. The van der Waals surface area contributed by atoms with Crippen molar-refractivity contribution in [3.05, 3.63) is 12.3 Å². The summed E-state index contributed by atoms with van der Waals surface area (Å²) in [6.07, 6.45) is 6.45. The van der Waals surface area contributed by atoms with E-state index in [9.17, 15) is 0 Å². The lowest BCUT2D eigenvalue weighted by atomic mass is 9.88. The Morgan fingerprint density at radius 3 is 2.82 bits per heavy atom. The Kier molecular flexibility index (Phi) is 2.26. The van der Waals surface area contributed by atoms with Crippen LogP contribution in [-0.4, -0.2) is 0 Å². The van der Waals surface area contributed by atoms with Crippen LogP contribution in [0.4, 0.5) is 0 Å². The van der Waals surface area contributed by atoms with E-state index in [1.807, 2.05) is 0 Å². The van der Waals surface area contributed by atoms with Gasteiger partial charge in [0.1, 0.15) is 0 Å². The molecule has 0 aromatic carbocycles. The van der Waals surface area contributed by atoms with E-state index >= 15 is 0 Å². The first kappa shape index (κ1) is 8.63. The second kappa shape index (κ2) is 2.88. The van der Waals surface area contributed by atoms with E-state index in [1.54, 1.807) is 6.20 Å². The van der Waals surface area contributed by atoms with Crippen LogP contribution in [0.3, 0.4) is 0 Å². The molecule has 1 aliphatic carbocycles. The van der Waals surface area contributed by atoms with Gasteiger partial charge >= 0.3 is 0 Å². The first-order chi connectivity index (χ1) is 5.15. The molecule has 2 N–H and O–H groups in total. The monoisotopic (exact) mass is 153 g/mol. The lowest BCUT2D eigenvalue weighted by Crippen LogP contribution is -2.09. The summed E-state index contributed by atoms with van der Waals surface area (Å²) in [7, 11) is 0. The van der Waals surface area contributed by atoms with Crippen molar-refractivity contribution in [1.82, 2.24) is 0 Å². The predicted molar refractivity (Wildman–Crippen MR) is 49.0 cm³/mol. The van der Waals surface area contributed by atoms with E-state index in [4.69, 9.17) is 5.73 Å². The zero-order chi connectivity index (χ0) is 8.48. The maximum atomic E-state index is 5.35. The van der Waals surface area contributed by atoms with Crippen LogP contribution in [0.15, 0.2) is 12.3 Å². The summed E-state index contributed by atoms with van der Waals surface area (Å²) in [5.74, 6) is 1.59. The second-order valence-electron chi connectivity index (χ2n) is 4.01. The van der Waals surface area contributed by atoms with E-state index < -0.39 is 0 Å². The molecule has 1 aliphatic rings. The molecule has 3 atom stereocenters. The minimum Gasteiger partial charge on any atom is -0.405 e. The third-order valence-corrected chi connectivity index (χ3v) is 3.43. The van der Waals surface area contributed by atoms with Crippen LogP contribution in [0.5, 0.6) is 0 Å². The molecule has 0 bridgehead atoms. The maximum Gasteiger partial charge on any atom is -0.01000 e. The second-order valence-corrected chi connectivity index (χ2v) is 4.01. The van der Waals surface area contributed by atoms with Gasteiger partial charge in [0.2, 0.25) is 0 Å². The fourth-order valence-electron chi connectivity index (χ4n) is 1.87. The van der Waals surface area contributed by atoms with Crippen LogP contribution in [-0.2, 0) is 0 Å². The molecule has 1 nitrogen and oxygen atoms in total. The topological polar surface area (TPSA) is 26.0 Å². The smallest absolute Gasteiger partial charge is 0.01000 e. The van der Waals surface area contributed by atoms with E-state index in [0.29, 0.717) is 5.41 Å². The average molecular weight is 153 g/mol. The highest BCUT2D eigenvalue weighted by Crippen LogP contribution is 2.58. The van der Waals surface area contributed by atoms with Gasteiger partial charge < -0.3 is 5.73 Å². The number of allylic oxidation sites excluding steroid dienone is 1. The Morgan fingerprint density at radius 2 is 2.36 bits per heavy atom. The van der Waals surface area contributed by atoms with Crippen molar-refractivity contribution in [2.75, 3.05) is 0 Å². The fourth-order valence-corrected chi connectivity index (χ4v) is 1.87. The molecular weight excluding hydrogens is 134 g/mol. The SMILES string of the molecule is CCC(C)C1(C)CC1/C=C/N. The normalized spacial score (nSPS) is 39.4. The Bertz CT molecular complexity index is 162. The zero-order valence-electron chi connectivity index (χ0n) is 7.80. The molecular formula is C10H19N. The van der Waals surface area contributed by atoms with Crippen LogP contribution < -0.4 is 5.73 Å². The van der Waals surface area contributed by atoms with Crippen molar-refractivity contribution in [2.24, 2.45) is 23.0 Å². The predicted octanol–water partition coefficient (Wildman–Crippen LogP) is 2.53. The van der Waals surface area contributed by atoms with Gasteiger partial charge in [-0.3, -0.25) is 0 Å². The van der Waals surface area contributed by atoms with Gasteiger partial charge in [0, 0.05) is 0 Å². The number of rotatable bonds is 3. The van der Waals surface area contributed by atoms with Gasteiger partial charge in [-0.2, -0.15) is 0 Å². The molecule has 0 aliphatic heterocycles. The Balaban J connectivity index is 2.48. The van der Waals surface area contributed by atoms with Gasteiger partial charge in [0.05, 0.1) is 0 Å². The summed E-state index contributed by atoms with van der Waals surface area (Å²) in [5.41, 5.74) is 5.91. The highest BCUT2D eigenvalue weighted by molar-refractivity contribution is 5.10. The van der Waals surface area contributed by atoms with Gasteiger partial charge in [-0.1, -0.05) is 33.3 Å². The van der Waals surface area contributed by atoms with Crippen molar-refractivity contribution in [3.63, 3.8) is 0 Å². The van der Waals surface area contributed by atoms with Gasteiger partial charge in [-0.25, -0.2) is 0 Å². The summed E-state index contributed by atoms with van der Waals surface area (Å²) in [6.45, 7) is 6.97. The molecule has 11 heavy (non-hydrogen) atoms. The minimum absolute atomic E-state index is 0.560. The molecule has 1 rings (SSSR count). The molecule has 1 fully saturated rings. The van der Waals surface area contributed by atoms with Gasteiger partial charge in [-0.15, -0.1) is 0 Å². The Labute approximate surface area is 69.7 Å². The van der Waals surface area contributed by atoms with Crippen LogP contribution in [0.25, 0.3) is 0 Å². The third-order valence-electron chi connectivity index (χ3n) is 3.43. The molecule has 0 spiro atoms. The van der Waals surface area contributed by atoms with Crippen molar-refractivity contribution in [1.29, 1.82) is 0 Å². The highest BCUT2D eigenvalue weighted by atomic mass is 14.6. The molecule has 0 aromatic heterocycles. The first-order valence-electron chi connectivity index (χ1n) is 4.53. The summed E-state index contributed by atoms with van der Waals surface area (Å²) >= 11 is 0. The largest absolute Gasteiger partial charge is 0.405 e. The maximum absolute atomic E-state index is 5.35. The van der Waals surface area contributed by atoms with E-state index in [2.05, 4.69) is 26.8 Å².